The molecule has 37 heavy (non-hydrogen) atoms. The minimum absolute atomic E-state index is 0.0222. The summed E-state index contributed by atoms with van der Waals surface area (Å²) in [4.78, 5) is 26.0. The summed E-state index contributed by atoms with van der Waals surface area (Å²) in [6.07, 6.45) is 0. The summed E-state index contributed by atoms with van der Waals surface area (Å²) in [5, 5.41) is 2.37. The van der Waals surface area contributed by atoms with Gasteiger partial charge >= 0.3 is 0 Å². The Bertz CT molecular complexity index is 1590. The van der Waals surface area contributed by atoms with Crippen molar-refractivity contribution in [2.45, 2.75) is 52.4 Å². The Kier molecular flexibility index (Phi) is 5.91. The quantitative estimate of drug-likeness (QED) is 0.188. The molecule has 0 radical (unpaired) electrons. The number of Topliss-reactive ketones (excluding diaryl/α,β-unsaturated/α-hetero) is 2. The number of nitrogens with zero attached hydrogens (tertiary/aromatic N) is 1. The first-order chi connectivity index (χ1) is 17.4. The lowest BCUT2D eigenvalue weighted by molar-refractivity contribution is 0.0817. The molecule has 186 valence electrons. The van der Waals surface area contributed by atoms with Crippen LogP contribution in [0.25, 0.3) is 27.5 Å². The number of ketones is 2. The molecule has 0 saturated carbocycles. The van der Waals surface area contributed by atoms with E-state index in [1.54, 1.807) is 30.3 Å². The highest BCUT2D eigenvalue weighted by atomic mass is 16.2. The van der Waals surface area contributed by atoms with Crippen LogP contribution >= 0.6 is 0 Å². The lowest BCUT2D eigenvalue weighted by atomic mass is 9.85. The van der Waals surface area contributed by atoms with E-state index in [0.717, 1.165) is 16.7 Å². The second-order valence-electron chi connectivity index (χ2n) is 11.9. The Morgan fingerprint density at radius 3 is 1.54 bits per heavy atom. The Morgan fingerprint density at radius 2 is 1.03 bits per heavy atom. The topological polar surface area (TPSA) is 39.1 Å². The van der Waals surface area contributed by atoms with Crippen LogP contribution < -0.4 is 0 Å². The number of hydrogen-bond donors (Lipinski definition) is 0. The second kappa shape index (κ2) is 8.85. The lowest BCUT2D eigenvalue weighted by Gasteiger charge is -2.19. The van der Waals surface area contributed by atoms with Crippen LogP contribution in [0.15, 0.2) is 91.0 Å². The molecule has 5 rings (SSSR count). The van der Waals surface area contributed by atoms with Crippen LogP contribution in [0.4, 0.5) is 0 Å². The highest BCUT2D eigenvalue weighted by molar-refractivity contribution is 6.49. The molecule has 0 bridgehead atoms. The predicted octanol–water partition coefficient (Wildman–Crippen LogP) is 8.44. The third kappa shape index (κ3) is 4.51. The molecule has 0 aliphatic carbocycles. The zero-order valence-corrected chi connectivity index (χ0v) is 22.4. The molecular weight excluding hydrogens is 454 g/mol. The summed E-state index contributed by atoms with van der Waals surface area (Å²) in [5.41, 5.74) is 6.40. The third-order valence-electron chi connectivity index (χ3n) is 7.11. The third-order valence-corrected chi connectivity index (χ3v) is 7.11. The number of carbonyl (C=O) groups excluding carboxylic acids is 2. The van der Waals surface area contributed by atoms with Crippen LogP contribution in [-0.4, -0.2) is 16.1 Å². The van der Waals surface area contributed by atoms with Gasteiger partial charge in [-0.05, 0) is 58.4 Å². The Morgan fingerprint density at radius 1 is 0.541 bits per heavy atom. The maximum absolute atomic E-state index is 13.1. The molecule has 0 aliphatic rings. The van der Waals surface area contributed by atoms with Crippen LogP contribution in [0.3, 0.4) is 0 Å². The van der Waals surface area contributed by atoms with Crippen molar-refractivity contribution in [3.8, 4) is 5.69 Å². The zero-order chi connectivity index (χ0) is 26.5. The average Bonchev–Trinajstić information content (AvgIpc) is 3.20. The van der Waals surface area contributed by atoms with Crippen molar-refractivity contribution in [2.75, 3.05) is 0 Å². The molecule has 0 atom stereocenters. The number of aromatic nitrogens is 1. The molecule has 3 heteroatoms. The Labute approximate surface area is 218 Å². The van der Waals surface area contributed by atoms with Gasteiger partial charge in [0.15, 0.2) is 0 Å². The van der Waals surface area contributed by atoms with Gasteiger partial charge in [-0.3, -0.25) is 9.59 Å². The number of fused-ring (bicyclic) bond motifs is 3. The average molecular weight is 488 g/mol. The van der Waals surface area contributed by atoms with Gasteiger partial charge in [-0.25, -0.2) is 0 Å². The van der Waals surface area contributed by atoms with Gasteiger partial charge in [-0.2, -0.15) is 0 Å². The van der Waals surface area contributed by atoms with Crippen molar-refractivity contribution in [1.29, 1.82) is 0 Å². The fraction of sp³-hybridized carbons (Fsp3) is 0.235. The molecule has 0 unspecified atom stereocenters. The van der Waals surface area contributed by atoms with Gasteiger partial charge in [0, 0.05) is 27.6 Å². The summed E-state index contributed by atoms with van der Waals surface area (Å²) in [6, 6.07) is 29.5. The van der Waals surface area contributed by atoms with Crippen molar-refractivity contribution in [2.24, 2.45) is 0 Å². The van der Waals surface area contributed by atoms with E-state index in [-0.39, 0.29) is 10.8 Å². The second-order valence-corrected chi connectivity index (χ2v) is 11.9. The summed E-state index contributed by atoms with van der Waals surface area (Å²) < 4.78 is 2.20. The molecule has 0 saturated heterocycles. The SMILES string of the molecule is CC(C)(C)c1ccc2c(c1)c1cc(C(C)(C)C)ccc1n2-c1cccc(C(=O)C(=O)c2ccccc2)c1. The summed E-state index contributed by atoms with van der Waals surface area (Å²) in [7, 11) is 0. The summed E-state index contributed by atoms with van der Waals surface area (Å²) >= 11 is 0. The number of carbonyl (C=O) groups is 2. The van der Waals surface area contributed by atoms with Crippen LogP contribution in [0.5, 0.6) is 0 Å². The molecular formula is C34H33NO2. The van der Waals surface area contributed by atoms with E-state index < -0.39 is 11.6 Å². The molecule has 0 amide bonds. The van der Waals surface area contributed by atoms with Crippen molar-refractivity contribution >= 4 is 33.4 Å². The summed E-state index contributed by atoms with van der Waals surface area (Å²) in [5.74, 6) is -0.997. The fourth-order valence-electron chi connectivity index (χ4n) is 4.87. The molecule has 0 spiro atoms. The van der Waals surface area contributed by atoms with Gasteiger partial charge in [-0.15, -0.1) is 0 Å². The van der Waals surface area contributed by atoms with E-state index in [0.29, 0.717) is 11.1 Å². The molecule has 4 aromatic carbocycles. The van der Waals surface area contributed by atoms with Gasteiger partial charge in [0.2, 0.25) is 11.6 Å². The summed E-state index contributed by atoms with van der Waals surface area (Å²) in [6.45, 7) is 13.4. The van der Waals surface area contributed by atoms with Crippen molar-refractivity contribution in [1.82, 2.24) is 4.57 Å². The normalized spacial score (nSPS) is 12.3. The van der Waals surface area contributed by atoms with E-state index in [4.69, 9.17) is 0 Å². The monoisotopic (exact) mass is 487 g/mol. The van der Waals surface area contributed by atoms with Gasteiger partial charge < -0.3 is 4.57 Å². The van der Waals surface area contributed by atoms with Gasteiger partial charge in [-0.1, -0.05) is 96.1 Å². The van der Waals surface area contributed by atoms with E-state index in [1.165, 1.54) is 21.9 Å². The van der Waals surface area contributed by atoms with Crippen LogP contribution in [0, 0.1) is 0 Å². The minimum Gasteiger partial charge on any atom is -0.309 e. The van der Waals surface area contributed by atoms with E-state index in [1.807, 2.05) is 24.3 Å². The first-order valence-corrected chi connectivity index (χ1v) is 12.8. The maximum Gasteiger partial charge on any atom is 0.233 e. The lowest BCUT2D eigenvalue weighted by Crippen LogP contribution is -2.14. The molecule has 5 aromatic rings. The fourth-order valence-corrected chi connectivity index (χ4v) is 4.87. The molecule has 1 aromatic heterocycles. The minimum atomic E-state index is -0.501. The van der Waals surface area contributed by atoms with Gasteiger partial charge in [0.1, 0.15) is 0 Å². The molecule has 3 nitrogen and oxygen atoms in total. The number of benzene rings is 4. The number of rotatable bonds is 4. The van der Waals surface area contributed by atoms with E-state index in [9.17, 15) is 9.59 Å². The Balaban J connectivity index is 1.72. The van der Waals surface area contributed by atoms with Crippen LogP contribution in [0.2, 0.25) is 0 Å². The van der Waals surface area contributed by atoms with E-state index in [2.05, 4.69) is 82.5 Å². The molecule has 0 aliphatic heterocycles. The zero-order valence-electron chi connectivity index (χ0n) is 22.4. The standard InChI is InChI=1S/C34H33NO2/c1-33(2,3)24-15-17-29-27(20-24)28-21-25(34(4,5)6)16-18-30(28)35(29)26-14-10-13-23(19-26)32(37)31(36)22-11-8-7-9-12-22/h7-21H,1-6H3. The molecule has 0 fully saturated rings. The number of hydrogen-bond acceptors (Lipinski definition) is 2. The van der Waals surface area contributed by atoms with Crippen molar-refractivity contribution in [3.05, 3.63) is 113 Å². The highest BCUT2D eigenvalue weighted by Gasteiger charge is 2.22. The van der Waals surface area contributed by atoms with Gasteiger partial charge in [0.05, 0.1) is 11.0 Å². The first kappa shape index (κ1) is 24.7. The Hall–Kier alpha value is -3.98. The smallest absolute Gasteiger partial charge is 0.233 e. The molecule has 0 N–H and O–H groups in total. The largest absolute Gasteiger partial charge is 0.309 e. The first-order valence-electron chi connectivity index (χ1n) is 12.8. The van der Waals surface area contributed by atoms with Crippen LogP contribution in [0.1, 0.15) is 73.4 Å². The van der Waals surface area contributed by atoms with Crippen molar-refractivity contribution in [3.63, 3.8) is 0 Å². The predicted molar refractivity (Wildman–Crippen MR) is 153 cm³/mol. The van der Waals surface area contributed by atoms with E-state index >= 15 is 0 Å². The van der Waals surface area contributed by atoms with Gasteiger partial charge in [0.25, 0.3) is 0 Å². The maximum atomic E-state index is 13.1. The molecule has 1 heterocycles. The van der Waals surface area contributed by atoms with Crippen LogP contribution in [-0.2, 0) is 10.8 Å². The van der Waals surface area contributed by atoms with Crippen molar-refractivity contribution < 1.29 is 9.59 Å². The highest BCUT2D eigenvalue weighted by Crippen LogP contribution is 2.37.